The van der Waals surface area contributed by atoms with Crippen molar-refractivity contribution in [2.75, 3.05) is 19.6 Å². The molecule has 0 aromatic carbocycles. The van der Waals surface area contributed by atoms with Crippen molar-refractivity contribution in [3.05, 3.63) is 32.4 Å². The molecule has 0 spiro atoms. The molecule has 1 aliphatic rings. The predicted molar refractivity (Wildman–Crippen MR) is 98.9 cm³/mol. The zero-order valence-electron chi connectivity index (χ0n) is 14.2. The lowest BCUT2D eigenvalue weighted by atomic mass is 10.1. The fourth-order valence-corrected chi connectivity index (χ4v) is 3.76. The van der Waals surface area contributed by atoms with Crippen LogP contribution in [0, 0.1) is 0 Å². The number of hydrogen-bond donors (Lipinski definition) is 1. The topological polar surface area (TPSA) is 41.6 Å². The van der Waals surface area contributed by atoms with Crippen LogP contribution in [-0.4, -0.2) is 36.2 Å². The number of amides is 1. The van der Waals surface area contributed by atoms with Gasteiger partial charge in [-0.05, 0) is 62.2 Å². The zero-order chi connectivity index (χ0) is 17.0. The Morgan fingerprint density at radius 2 is 2.22 bits per heavy atom. The van der Waals surface area contributed by atoms with Gasteiger partial charge in [0, 0.05) is 30.6 Å². The van der Waals surface area contributed by atoms with Crippen molar-refractivity contribution in [2.24, 2.45) is 0 Å². The summed E-state index contributed by atoms with van der Waals surface area (Å²) < 4.78 is 6.57. The van der Waals surface area contributed by atoms with Crippen LogP contribution >= 0.6 is 27.3 Å². The molecule has 0 radical (unpaired) electrons. The summed E-state index contributed by atoms with van der Waals surface area (Å²) >= 11 is 5.26. The number of thiophene rings is 1. The molecule has 23 heavy (non-hydrogen) atoms. The van der Waals surface area contributed by atoms with E-state index in [1.165, 1.54) is 10.5 Å². The minimum atomic E-state index is -0.437. The standard InChI is InChI=1S/C17H25BrN2O2S/c1-12(14-5-6-15(18)23-14)19-11-13-7-9-20(10-8-13)16(21)22-17(2,3)4/h5-7,12,19H,8-11H2,1-4H3. The van der Waals surface area contributed by atoms with Crippen LogP contribution < -0.4 is 5.32 Å². The zero-order valence-corrected chi connectivity index (χ0v) is 16.6. The Morgan fingerprint density at radius 1 is 1.48 bits per heavy atom. The highest BCUT2D eigenvalue weighted by Crippen LogP contribution is 2.27. The van der Waals surface area contributed by atoms with E-state index >= 15 is 0 Å². The molecule has 2 rings (SSSR count). The van der Waals surface area contributed by atoms with Crippen LogP contribution in [-0.2, 0) is 4.74 Å². The molecule has 1 aromatic rings. The highest BCUT2D eigenvalue weighted by molar-refractivity contribution is 9.11. The molecule has 0 aliphatic carbocycles. The molecule has 1 unspecified atom stereocenters. The fourth-order valence-electron chi connectivity index (χ4n) is 2.31. The Labute approximate surface area is 151 Å². The maximum Gasteiger partial charge on any atom is 0.410 e. The Hall–Kier alpha value is -0.850. The summed E-state index contributed by atoms with van der Waals surface area (Å²) in [6, 6.07) is 4.55. The monoisotopic (exact) mass is 400 g/mol. The first-order valence-corrected chi connectivity index (χ1v) is 9.50. The third-order valence-electron chi connectivity index (χ3n) is 3.61. The summed E-state index contributed by atoms with van der Waals surface area (Å²) in [5.74, 6) is 0. The van der Waals surface area contributed by atoms with Crippen LogP contribution in [0.5, 0.6) is 0 Å². The van der Waals surface area contributed by atoms with E-state index in [4.69, 9.17) is 4.74 Å². The lowest BCUT2D eigenvalue weighted by Crippen LogP contribution is -2.40. The molecular formula is C17H25BrN2O2S. The maximum absolute atomic E-state index is 12.0. The smallest absolute Gasteiger partial charge is 0.410 e. The molecule has 0 saturated heterocycles. The van der Waals surface area contributed by atoms with Gasteiger partial charge in [0.25, 0.3) is 0 Å². The van der Waals surface area contributed by atoms with Crippen molar-refractivity contribution in [3.63, 3.8) is 0 Å². The second-order valence-corrected chi connectivity index (χ2v) is 9.28. The van der Waals surface area contributed by atoms with Gasteiger partial charge < -0.3 is 15.0 Å². The largest absolute Gasteiger partial charge is 0.444 e. The van der Waals surface area contributed by atoms with E-state index in [1.54, 1.807) is 16.2 Å². The van der Waals surface area contributed by atoms with E-state index in [9.17, 15) is 4.79 Å². The molecule has 0 bridgehead atoms. The van der Waals surface area contributed by atoms with Crippen LogP contribution in [0.3, 0.4) is 0 Å². The van der Waals surface area contributed by atoms with E-state index in [0.717, 1.165) is 23.3 Å². The fraction of sp³-hybridized carbons (Fsp3) is 0.588. The quantitative estimate of drug-likeness (QED) is 0.742. The van der Waals surface area contributed by atoms with Gasteiger partial charge in [-0.2, -0.15) is 0 Å². The average Bonchev–Trinajstić information content (AvgIpc) is 2.90. The number of ether oxygens (including phenoxy) is 1. The summed E-state index contributed by atoms with van der Waals surface area (Å²) in [7, 11) is 0. The van der Waals surface area contributed by atoms with Gasteiger partial charge in [0.15, 0.2) is 0 Å². The Morgan fingerprint density at radius 3 is 2.74 bits per heavy atom. The van der Waals surface area contributed by atoms with Gasteiger partial charge in [-0.25, -0.2) is 4.79 Å². The first-order valence-electron chi connectivity index (χ1n) is 7.89. The summed E-state index contributed by atoms with van der Waals surface area (Å²) in [5.41, 5.74) is 0.917. The molecule has 2 heterocycles. The number of hydrogen-bond acceptors (Lipinski definition) is 4. The normalized spacial score (nSPS) is 16.9. The Bertz CT molecular complexity index is 577. The van der Waals surface area contributed by atoms with E-state index in [2.05, 4.69) is 46.4 Å². The minimum Gasteiger partial charge on any atom is -0.444 e. The van der Waals surface area contributed by atoms with E-state index < -0.39 is 5.60 Å². The summed E-state index contributed by atoms with van der Waals surface area (Å²) in [6.07, 6.45) is 2.81. The molecule has 0 fully saturated rings. The van der Waals surface area contributed by atoms with E-state index in [-0.39, 0.29) is 6.09 Å². The van der Waals surface area contributed by atoms with Gasteiger partial charge in [-0.3, -0.25) is 0 Å². The van der Waals surface area contributed by atoms with Gasteiger partial charge in [0.2, 0.25) is 0 Å². The van der Waals surface area contributed by atoms with Crippen LogP contribution in [0.4, 0.5) is 4.79 Å². The van der Waals surface area contributed by atoms with Gasteiger partial charge in [0.1, 0.15) is 5.60 Å². The highest BCUT2D eigenvalue weighted by Gasteiger charge is 2.23. The Kier molecular flexibility index (Phi) is 6.28. The molecule has 4 nitrogen and oxygen atoms in total. The van der Waals surface area contributed by atoms with Gasteiger partial charge in [0.05, 0.1) is 3.79 Å². The second-order valence-electron chi connectivity index (χ2n) is 6.78. The van der Waals surface area contributed by atoms with Crippen molar-refractivity contribution in [2.45, 2.75) is 45.8 Å². The molecule has 128 valence electrons. The maximum atomic E-state index is 12.0. The van der Waals surface area contributed by atoms with Crippen LogP contribution in [0.25, 0.3) is 0 Å². The number of nitrogens with zero attached hydrogens (tertiary/aromatic N) is 1. The Balaban J connectivity index is 1.79. The average molecular weight is 401 g/mol. The minimum absolute atomic E-state index is 0.224. The highest BCUT2D eigenvalue weighted by atomic mass is 79.9. The van der Waals surface area contributed by atoms with Gasteiger partial charge in [-0.15, -0.1) is 11.3 Å². The predicted octanol–water partition coefficient (Wildman–Crippen LogP) is 4.73. The molecule has 1 atom stereocenters. The van der Waals surface area contributed by atoms with Crippen molar-refractivity contribution < 1.29 is 9.53 Å². The lowest BCUT2D eigenvalue weighted by Gasteiger charge is -2.30. The molecule has 6 heteroatoms. The van der Waals surface area contributed by atoms with E-state index in [0.29, 0.717) is 12.6 Å². The molecule has 1 N–H and O–H groups in total. The van der Waals surface area contributed by atoms with Crippen LogP contribution in [0.2, 0.25) is 0 Å². The number of carbonyl (C=O) groups excluding carboxylic acids is 1. The van der Waals surface area contributed by atoms with Gasteiger partial charge in [-0.1, -0.05) is 11.6 Å². The third kappa shape index (κ3) is 5.94. The summed E-state index contributed by atoms with van der Waals surface area (Å²) in [5, 5.41) is 3.55. The van der Waals surface area contributed by atoms with Crippen molar-refractivity contribution in [1.29, 1.82) is 0 Å². The molecule has 1 aliphatic heterocycles. The first-order chi connectivity index (χ1) is 10.7. The van der Waals surface area contributed by atoms with Crippen molar-refractivity contribution >= 4 is 33.4 Å². The number of carbonyl (C=O) groups is 1. The molecular weight excluding hydrogens is 376 g/mol. The molecule has 0 saturated carbocycles. The SMILES string of the molecule is CC(NCC1=CCN(C(=O)OC(C)(C)C)CC1)c1ccc(Br)s1. The van der Waals surface area contributed by atoms with Crippen LogP contribution in [0.1, 0.15) is 45.0 Å². The third-order valence-corrected chi connectivity index (χ3v) is 5.42. The lowest BCUT2D eigenvalue weighted by molar-refractivity contribution is 0.0265. The molecule has 1 aromatic heterocycles. The van der Waals surface area contributed by atoms with E-state index in [1.807, 2.05) is 20.8 Å². The first kappa shape index (κ1) is 18.5. The van der Waals surface area contributed by atoms with Crippen molar-refractivity contribution in [1.82, 2.24) is 10.2 Å². The summed E-state index contributed by atoms with van der Waals surface area (Å²) in [4.78, 5) is 15.1. The second kappa shape index (κ2) is 7.81. The number of rotatable bonds is 4. The van der Waals surface area contributed by atoms with Gasteiger partial charge >= 0.3 is 6.09 Å². The number of halogens is 1. The summed E-state index contributed by atoms with van der Waals surface area (Å²) in [6.45, 7) is 10.1. The van der Waals surface area contributed by atoms with Crippen LogP contribution in [0.15, 0.2) is 27.6 Å². The number of nitrogens with one attached hydrogen (secondary N) is 1. The van der Waals surface area contributed by atoms with Crippen molar-refractivity contribution in [3.8, 4) is 0 Å². The molecule has 1 amide bonds.